The molecule has 146 valence electrons. The number of hydrogen-bond acceptors (Lipinski definition) is 4. The smallest absolute Gasteiger partial charge is 0.325 e. The van der Waals surface area contributed by atoms with Gasteiger partial charge in [0.15, 0.2) is 5.17 Å². The average molecular weight is 407 g/mol. The van der Waals surface area contributed by atoms with Crippen molar-refractivity contribution in [2.75, 3.05) is 5.32 Å². The summed E-state index contributed by atoms with van der Waals surface area (Å²) in [5.41, 5.74) is 0.448. The van der Waals surface area contributed by atoms with Crippen molar-refractivity contribution in [3.05, 3.63) is 59.7 Å². The van der Waals surface area contributed by atoms with Crippen molar-refractivity contribution in [3.63, 3.8) is 0 Å². The van der Waals surface area contributed by atoms with Crippen LogP contribution in [0.2, 0.25) is 0 Å². The van der Waals surface area contributed by atoms with E-state index >= 15 is 0 Å². The fraction of sp³-hybridized carbons (Fsp3) is 0.211. The highest BCUT2D eigenvalue weighted by atomic mass is 32.2. The lowest BCUT2D eigenvalue weighted by molar-refractivity contribution is -0.137. The first kappa shape index (κ1) is 19.9. The molecule has 0 spiro atoms. The summed E-state index contributed by atoms with van der Waals surface area (Å²) in [7, 11) is 0. The minimum absolute atomic E-state index is 0.268. The molecule has 0 radical (unpaired) electrons. The van der Waals surface area contributed by atoms with E-state index in [1.165, 1.54) is 18.2 Å². The maximum Gasteiger partial charge on any atom is 0.418 e. The number of thioether (sulfide) groups is 1. The molecule has 1 aliphatic heterocycles. The highest BCUT2D eigenvalue weighted by Crippen LogP contribution is 2.35. The Bertz CT molecular complexity index is 927. The first-order valence-electron chi connectivity index (χ1n) is 8.31. The summed E-state index contributed by atoms with van der Waals surface area (Å²) in [6.45, 7) is 1.94. The summed E-state index contributed by atoms with van der Waals surface area (Å²) in [6.07, 6.45) is -4.85. The predicted molar refractivity (Wildman–Crippen MR) is 102 cm³/mol. The molecule has 1 saturated heterocycles. The third-order valence-electron chi connectivity index (χ3n) is 3.92. The highest BCUT2D eigenvalue weighted by molar-refractivity contribution is 8.15. The Morgan fingerprint density at radius 2 is 1.86 bits per heavy atom. The number of anilines is 1. The maximum atomic E-state index is 13.0. The van der Waals surface area contributed by atoms with Gasteiger partial charge in [0.05, 0.1) is 16.9 Å². The van der Waals surface area contributed by atoms with E-state index in [0.717, 1.165) is 23.4 Å². The van der Waals surface area contributed by atoms with Gasteiger partial charge in [-0.2, -0.15) is 13.2 Å². The Morgan fingerprint density at radius 3 is 2.54 bits per heavy atom. The number of halogens is 3. The fourth-order valence-corrected chi connectivity index (χ4v) is 3.53. The normalized spacial score (nSPS) is 18.2. The number of aliphatic imine (C=N–C) groups is 1. The van der Waals surface area contributed by atoms with Gasteiger partial charge in [0.25, 0.3) is 0 Å². The second kappa shape index (κ2) is 8.05. The van der Waals surface area contributed by atoms with Crippen molar-refractivity contribution in [3.8, 4) is 0 Å². The van der Waals surface area contributed by atoms with Crippen LogP contribution in [0, 0.1) is 6.92 Å². The number of nitrogens with zero attached hydrogens (tertiary/aromatic N) is 1. The van der Waals surface area contributed by atoms with Crippen molar-refractivity contribution >= 4 is 40.1 Å². The van der Waals surface area contributed by atoms with E-state index in [9.17, 15) is 22.8 Å². The number of aryl methyl sites for hydroxylation is 1. The lowest BCUT2D eigenvalue weighted by Gasteiger charge is -2.14. The molecular formula is C19H16F3N3O2S. The second-order valence-electron chi connectivity index (χ2n) is 6.14. The van der Waals surface area contributed by atoms with Gasteiger partial charge in [-0.25, -0.2) is 4.99 Å². The molecule has 0 aliphatic carbocycles. The first-order chi connectivity index (χ1) is 13.2. The Labute approximate surface area is 163 Å². The third kappa shape index (κ3) is 4.92. The quantitative estimate of drug-likeness (QED) is 0.796. The number of hydrogen-bond donors (Lipinski definition) is 2. The molecule has 0 bridgehead atoms. The van der Waals surface area contributed by atoms with Crippen molar-refractivity contribution in [2.24, 2.45) is 4.99 Å². The van der Waals surface area contributed by atoms with Gasteiger partial charge >= 0.3 is 6.18 Å². The van der Waals surface area contributed by atoms with Gasteiger partial charge in [-0.3, -0.25) is 9.59 Å². The molecule has 28 heavy (non-hydrogen) atoms. The summed E-state index contributed by atoms with van der Waals surface area (Å²) in [5.74, 6) is -1.09. The number of benzene rings is 2. The molecule has 0 saturated carbocycles. The van der Waals surface area contributed by atoms with Crippen LogP contribution in [0.1, 0.15) is 17.5 Å². The molecule has 1 unspecified atom stereocenters. The van der Waals surface area contributed by atoms with Crippen molar-refractivity contribution < 1.29 is 22.8 Å². The van der Waals surface area contributed by atoms with E-state index in [1.807, 2.05) is 19.1 Å². The molecule has 2 N–H and O–H groups in total. The summed E-state index contributed by atoms with van der Waals surface area (Å²) in [4.78, 5) is 28.6. The number of rotatable bonds is 4. The number of amides is 2. The molecule has 0 aromatic heterocycles. The second-order valence-corrected chi connectivity index (χ2v) is 7.34. The molecule has 3 rings (SSSR count). The van der Waals surface area contributed by atoms with E-state index < -0.39 is 28.8 Å². The average Bonchev–Trinajstić information content (AvgIpc) is 2.95. The topological polar surface area (TPSA) is 70.6 Å². The van der Waals surface area contributed by atoms with E-state index in [-0.39, 0.29) is 12.1 Å². The molecular weight excluding hydrogens is 391 g/mol. The molecule has 1 atom stereocenters. The van der Waals surface area contributed by atoms with Gasteiger partial charge in [-0.15, -0.1) is 0 Å². The molecule has 1 heterocycles. The van der Waals surface area contributed by atoms with Crippen LogP contribution in [0.5, 0.6) is 0 Å². The molecule has 1 aliphatic rings. The molecule has 1 fully saturated rings. The van der Waals surface area contributed by atoms with Gasteiger partial charge in [-0.1, -0.05) is 41.6 Å². The van der Waals surface area contributed by atoms with Crippen molar-refractivity contribution in [1.82, 2.24) is 5.32 Å². The predicted octanol–water partition coefficient (Wildman–Crippen LogP) is 4.26. The van der Waals surface area contributed by atoms with Crippen LogP contribution in [-0.4, -0.2) is 22.2 Å². The molecule has 5 nitrogen and oxygen atoms in total. The van der Waals surface area contributed by atoms with Gasteiger partial charge < -0.3 is 10.6 Å². The largest absolute Gasteiger partial charge is 0.418 e. The Hall–Kier alpha value is -2.81. The Kier molecular flexibility index (Phi) is 5.73. The maximum absolute atomic E-state index is 13.0. The van der Waals surface area contributed by atoms with Crippen molar-refractivity contribution in [1.29, 1.82) is 0 Å². The molecule has 2 amide bonds. The Morgan fingerprint density at radius 1 is 1.18 bits per heavy atom. The summed E-state index contributed by atoms with van der Waals surface area (Å²) in [5, 5.41) is 4.42. The summed E-state index contributed by atoms with van der Waals surface area (Å²) < 4.78 is 39.0. The molecule has 9 heteroatoms. The lowest BCUT2D eigenvalue weighted by atomic mass is 10.1. The number of nitrogens with one attached hydrogen (secondary N) is 2. The van der Waals surface area contributed by atoms with Gasteiger partial charge in [-0.05, 0) is 31.2 Å². The van der Waals surface area contributed by atoms with Crippen LogP contribution in [-0.2, 0) is 15.8 Å². The van der Waals surface area contributed by atoms with E-state index in [1.54, 1.807) is 12.1 Å². The lowest BCUT2D eigenvalue weighted by Crippen LogP contribution is -2.28. The fourth-order valence-electron chi connectivity index (χ4n) is 2.54. The minimum Gasteiger partial charge on any atom is -0.325 e. The van der Waals surface area contributed by atoms with E-state index in [2.05, 4.69) is 15.6 Å². The standard InChI is InChI=1S/C19H16F3N3O2S/c1-11-6-8-12(9-7-11)23-18-25-17(27)15(28-18)10-16(26)24-14-5-3-2-4-13(14)19(20,21)22/h2-9,15H,10H2,1H3,(H,24,26)(H,23,25,27). The zero-order valence-corrected chi connectivity index (χ0v) is 15.5. The highest BCUT2D eigenvalue weighted by Gasteiger charge is 2.35. The summed E-state index contributed by atoms with van der Waals surface area (Å²) in [6, 6.07) is 12.0. The third-order valence-corrected chi connectivity index (χ3v) is 5.00. The molecule has 2 aromatic carbocycles. The Balaban J connectivity index is 1.65. The number of amidine groups is 1. The van der Waals surface area contributed by atoms with Crippen LogP contribution in [0.4, 0.5) is 24.5 Å². The number of carbonyl (C=O) groups is 2. The number of alkyl halides is 3. The summed E-state index contributed by atoms with van der Waals surface area (Å²) >= 11 is 1.07. The number of para-hydroxylation sites is 1. The van der Waals surface area contributed by atoms with E-state index in [0.29, 0.717) is 10.9 Å². The van der Waals surface area contributed by atoms with Crippen LogP contribution >= 0.6 is 11.8 Å². The minimum atomic E-state index is -4.59. The zero-order chi connectivity index (χ0) is 20.3. The van der Waals surface area contributed by atoms with Crippen LogP contribution in [0.15, 0.2) is 53.5 Å². The van der Waals surface area contributed by atoms with Crippen LogP contribution in [0.3, 0.4) is 0 Å². The van der Waals surface area contributed by atoms with Crippen LogP contribution < -0.4 is 10.6 Å². The monoisotopic (exact) mass is 407 g/mol. The van der Waals surface area contributed by atoms with Gasteiger partial charge in [0.2, 0.25) is 11.8 Å². The van der Waals surface area contributed by atoms with Crippen LogP contribution in [0.25, 0.3) is 0 Å². The molecule has 2 aromatic rings. The van der Waals surface area contributed by atoms with E-state index in [4.69, 9.17) is 0 Å². The van der Waals surface area contributed by atoms with Gasteiger partial charge in [0, 0.05) is 6.42 Å². The SMILES string of the molecule is Cc1ccc(N=C2NC(=O)C(CC(=O)Nc3ccccc3C(F)(F)F)S2)cc1. The number of carbonyl (C=O) groups excluding carboxylic acids is 2. The zero-order valence-electron chi connectivity index (χ0n) is 14.7. The van der Waals surface area contributed by atoms with Crippen molar-refractivity contribution in [2.45, 2.75) is 24.8 Å². The van der Waals surface area contributed by atoms with Gasteiger partial charge in [0.1, 0.15) is 5.25 Å². The first-order valence-corrected chi connectivity index (χ1v) is 9.19.